The number of carbonyl (C=O) groups excluding carboxylic acids is 1. The topological polar surface area (TPSA) is 78.4 Å². The van der Waals surface area contributed by atoms with Gasteiger partial charge in [-0.25, -0.2) is 0 Å². The summed E-state index contributed by atoms with van der Waals surface area (Å²) in [4.78, 5) is 20.9. The maximum atomic E-state index is 12.1. The van der Waals surface area contributed by atoms with E-state index in [1.807, 2.05) is 50.2 Å². The summed E-state index contributed by atoms with van der Waals surface area (Å²) >= 11 is 3.42. The lowest BCUT2D eigenvalue weighted by molar-refractivity contribution is -0.116. The summed E-state index contributed by atoms with van der Waals surface area (Å²) in [6.45, 7) is 5.89. The maximum Gasteiger partial charge on any atom is 0.226 e. The molecule has 1 aromatic carbocycles. The zero-order valence-electron chi connectivity index (χ0n) is 16.2. The Morgan fingerprint density at radius 1 is 1.21 bits per heavy atom. The SMILES string of the molecule is CCNC(=NCCC(=O)Nc1ccc(Br)cc1C)NCCc1ccccn1.I. The van der Waals surface area contributed by atoms with E-state index in [2.05, 4.69) is 41.9 Å². The fourth-order valence-electron chi connectivity index (χ4n) is 2.45. The van der Waals surface area contributed by atoms with Crippen molar-refractivity contribution in [2.24, 2.45) is 4.99 Å². The number of nitrogens with zero attached hydrogens (tertiary/aromatic N) is 2. The molecular weight excluding hydrogens is 533 g/mol. The number of rotatable bonds is 8. The minimum absolute atomic E-state index is 0. The number of aromatic nitrogens is 1. The summed E-state index contributed by atoms with van der Waals surface area (Å²) in [6, 6.07) is 11.7. The molecule has 0 saturated heterocycles. The first kappa shape index (κ1) is 24.4. The minimum Gasteiger partial charge on any atom is -0.357 e. The van der Waals surface area contributed by atoms with E-state index in [1.165, 1.54) is 0 Å². The number of halogens is 2. The van der Waals surface area contributed by atoms with Crippen molar-refractivity contribution in [3.63, 3.8) is 0 Å². The molecule has 0 saturated carbocycles. The Labute approximate surface area is 192 Å². The smallest absolute Gasteiger partial charge is 0.226 e. The number of aliphatic imine (C=N–C) groups is 1. The summed E-state index contributed by atoms with van der Waals surface area (Å²) in [6.07, 6.45) is 2.93. The zero-order chi connectivity index (χ0) is 19.5. The van der Waals surface area contributed by atoms with Crippen LogP contribution in [-0.4, -0.2) is 36.5 Å². The van der Waals surface area contributed by atoms with Crippen LogP contribution in [0.5, 0.6) is 0 Å². The highest BCUT2D eigenvalue weighted by molar-refractivity contribution is 14.0. The van der Waals surface area contributed by atoms with E-state index in [9.17, 15) is 4.79 Å². The second-order valence-corrected chi connectivity index (χ2v) is 6.93. The van der Waals surface area contributed by atoms with Crippen LogP contribution in [0, 0.1) is 6.92 Å². The van der Waals surface area contributed by atoms with Gasteiger partial charge in [0, 0.05) is 48.0 Å². The number of nitrogens with one attached hydrogen (secondary N) is 3. The molecule has 0 aliphatic rings. The van der Waals surface area contributed by atoms with Crippen LogP contribution in [0.1, 0.15) is 24.6 Å². The van der Waals surface area contributed by atoms with Crippen LogP contribution in [-0.2, 0) is 11.2 Å². The molecule has 0 bridgehead atoms. The predicted molar refractivity (Wildman–Crippen MR) is 129 cm³/mol. The van der Waals surface area contributed by atoms with E-state index in [-0.39, 0.29) is 29.9 Å². The van der Waals surface area contributed by atoms with Crippen LogP contribution in [0.15, 0.2) is 52.1 Å². The number of pyridine rings is 1. The molecule has 0 unspecified atom stereocenters. The van der Waals surface area contributed by atoms with Crippen molar-refractivity contribution in [1.82, 2.24) is 15.6 Å². The molecule has 2 rings (SSSR count). The second kappa shape index (κ2) is 13.5. The number of hydrogen-bond acceptors (Lipinski definition) is 3. The fourth-order valence-corrected chi connectivity index (χ4v) is 2.92. The highest BCUT2D eigenvalue weighted by atomic mass is 127. The van der Waals surface area contributed by atoms with E-state index < -0.39 is 0 Å². The van der Waals surface area contributed by atoms with Gasteiger partial charge in [0.15, 0.2) is 5.96 Å². The largest absolute Gasteiger partial charge is 0.357 e. The van der Waals surface area contributed by atoms with Gasteiger partial charge in [-0.3, -0.25) is 14.8 Å². The van der Waals surface area contributed by atoms with Crippen LogP contribution >= 0.6 is 39.9 Å². The van der Waals surface area contributed by atoms with Crippen LogP contribution in [0.2, 0.25) is 0 Å². The van der Waals surface area contributed by atoms with Gasteiger partial charge in [0.2, 0.25) is 5.91 Å². The Bertz CT molecular complexity index is 770. The standard InChI is InChI=1S/C20H26BrN5O.HI/c1-3-22-20(24-12-9-17-6-4-5-11-23-17)25-13-10-19(27)26-18-8-7-16(21)14-15(18)2;/h4-8,11,14H,3,9-10,12-13H2,1-2H3,(H,26,27)(H2,22,24,25);1H. The average Bonchev–Trinajstić information content (AvgIpc) is 2.65. The molecule has 0 spiro atoms. The lowest BCUT2D eigenvalue weighted by Gasteiger charge is -2.11. The van der Waals surface area contributed by atoms with Crippen LogP contribution in [0.4, 0.5) is 5.69 Å². The normalized spacial score (nSPS) is 10.8. The van der Waals surface area contributed by atoms with Crippen LogP contribution < -0.4 is 16.0 Å². The summed E-state index contributed by atoms with van der Waals surface area (Å²) in [5, 5.41) is 9.39. The lowest BCUT2D eigenvalue weighted by atomic mass is 10.2. The van der Waals surface area contributed by atoms with E-state index in [4.69, 9.17) is 0 Å². The third-order valence-electron chi connectivity index (χ3n) is 3.82. The third-order valence-corrected chi connectivity index (χ3v) is 4.31. The lowest BCUT2D eigenvalue weighted by Crippen LogP contribution is -2.38. The van der Waals surface area contributed by atoms with Gasteiger partial charge in [-0.2, -0.15) is 0 Å². The highest BCUT2D eigenvalue weighted by Gasteiger charge is 2.05. The minimum atomic E-state index is -0.0477. The monoisotopic (exact) mass is 559 g/mol. The molecule has 3 N–H and O–H groups in total. The van der Waals surface area contributed by atoms with Crippen molar-refractivity contribution < 1.29 is 4.79 Å². The molecule has 28 heavy (non-hydrogen) atoms. The van der Waals surface area contributed by atoms with Gasteiger partial charge < -0.3 is 16.0 Å². The Hall–Kier alpha value is -1.68. The number of amides is 1. The number of aryl methyl sites for hydroxylation is 1. The van der Waals surface area contributed by atoms with Gasteiger partial charge in [0.05, 0.1) is 6.54 Å². The molecule has 1 aromatic heterocycles. The quantitative estimate of drug-likeness (QED) is 0.260. The number of benzene rings is 1. The average molecular weight is 560 g/mol. The van der Waals surface area contributed by atoms with Gasteiger partial charge in [-0.05, 0) is 49.7 Å². The molecule has 0 aliphatic heterocycles. The first-order valence-corrected chi connectivity index (χ1v) is 9.86. The zero-order valence-corrected chi connectivity index (χ0v) is 20.1. The van der Waals surface area contributed by atoms with Gasteiger partial charge >= 0.3 is 0 Å². The summed E-state index contributed by atoms with van der Waals surface area (Å²) in [7, 11) is 0. The Morgan fingerprint density at radius 2 is 2.04 bits per heavy atom. The van der Waals surface area contributed by atoms with Crippen LogP contribution in [0.3, 0.4) is 0 Å². The molecule has 6 nitrogen and oxygen atoms in total. The molecule has 0 radical (unpaired) electrons. The molecule has 8 heteroatoms. The van der Waals surface area contributed by atoms with Crippen LogP contribution in [0.25, 0.3) is 0 Å². The molecule has 0 atom stereocenters. The fraction of sp³-hybridized carbons (Fsp3) is 0.350. The third kappa shape index (κ3) is 9.01. The predicted octanol–water partition coefficient (Wildman–Crippen LogP) is 3.90. The van der Waals surface area contributed by atoms with Gasteiger partial charge in [0.1, 0.15) is 0 Å². The van der Waals surface area contributed by atoms with Gasteiger partial charge in [0.25, 0.3) is 0 Å². The second-order valence-electron chi connectivity index (χ2n) is 6.02. The molecule has 1 amide bonds. The summed E-state index contributed by atoms with van der Waals surface area (Å²) in [5.41, 5.74) is 2.88. The van der Waals surface area contributed by atoms with Gasteiger partial charge in [-0.1, -0.05) is 22.0 Å². The first-order chi connectivity index (χ1) is 13.1. The molecule has 0 fully saturated rings. The molecule has 1 heterocycles. The van der Waals surface area contributed by atoms with E-state index in [0.29, 0.717) is 18.9 Å². The number of guanidine groups is 1. The summed E-state index contributed by atoms with van der Waals surface area (Å²) < 4.78 is 0.995. The van der Waals surface area contributed by atoms with Crippen molar-refractivity contribution in [3.05, 3.63) is 58.3 Å². The van der Waals surface area contributed by atoms with Gasteiger partial charge in [-0.15, -0.1) is 24.0 Å². The number of hydrogen-bond donors (Lipinski definition) is 3. The van der Waals surface area contributed by atoms with Crippen molar-refractivity contribution in [2.75, 3.05) is 25.0 Å². The molecular formula is C20H27BrIN5O. The Morgan fingerprint density at radius 3 is 2.71 bits per heavy atom. The first-order valence-electron chi connectivity index (χ1n) is 9.06. The highest BCUT2D eigenvalue weighted by Crippen LogP contribution is 2.20. The van der Waals surface area contributed by atoms with E-state index in [1.54, 1.807) is 6.20 Å². The Balaban J connectivity index is 0.00000392. The van der Waals surface area contributed by atoms with E-state index in [0.717, 1.165) is 40.9 Å². The van der Waals surface area contributed by atoms with E-state index >= 15 is 0 Å². The van der Waals surface area contributed by atoms with Crippen molar-refractivity contribution in [3.8, 4) is 0 Å². The summed E-state index contributed by atoms with van der Waals surface area (Å²) in [5.74, 6) is 0.662. The Kier molecular flexibility index (Phi) is 11.7. The van der Waals surface area contributed by atoms with Crippen molar-refractivity contribution >= 4 is 57.5 Å². The number of carbonyl (C=O) groups is 1. The molecule has 152 valence electrons. The van der Waals surface area contributed by atoms with Crippen molar-refractivity contribution in [1.29, 1.82) is 0 Å². The van der Waals surface area contributed by atoms with Crippen molar-refractivity contribution in [2.45, 2.75) is 26.7 Å². The number of anilines is 1. The molecule has 2 aromatic rings. The molecule has 0 aliphatic carbocycles. The maximum absolute atomic E-state index is 12.1.